The molecule has 1 rings (SSSR count). The third-order valence-electron chi connectivity index (χ3n) is 3.61. The predicted molar refractivity (Wildman–Crippen MR) is 101 cm³/mol. The molecule has 15 heteroatoms. The second-order valence-corrected chi connectivity index (χ2v) is 8.52. The molecule has 0 heterocycles. The molecule has 6 N–H and O–H groups in total. The predicted octanol–water partition coefficient (Wildman–Crippen LogP) is 1.18. The van der Waals surface area contributed by atoms with Crippen LogP contribution in [0.5, 0.6) is 0 Å². The number of nitrogens with two attached hydrogens (primary N) is 2. The van der Waals surface area contributed by atoms with Gasteiger partial charge in [-0.15, -0.1) is 0 Å². The Bertz CT molecular complexity index is 852. The largest absolute Gasteiger partial charge is 0.438 e. The summed E-state index contributed by atoms with van der Waals surface area (Å²) in [7, 11) is -10.6. The van der Waals surface area contributed by atoms with Crippen LogP contribution in [0.1, 0.15) is 18.9 Å². The summed E-state index contributed by atoms with van der Waals surface area (Å²) in [4.78, 5) is 47.2. The van der Waals surface area contributed by atoms with Gasteiger partial charge in [0.1, 0.15) is 12.1 Å². The average Bonchev–Trinajstić information content (AvgIpc) is 2.58. The third kappa shape index (κ3) is 10.6. The lowest BCUT2D eigenvalue weighted by molar-refractivity contribution is -0.141. The lowest BCUT2D eigenvalue weighted by Gasteiger charge is -2.38. The van der Waals surface area contributed by atoms with Gasteiger partial charge in [0.25, 0.3) is 0 Å². The van der Waals surface area contributed by atoms with E-state index >= 15 is 0 Å². The van der Waals surface area contributed by atoms with Gasteiger partial charge in [-0.2, -0.15) is 0 Å². The van der Waals surface area contributed by atoms with E-state index in [1.807, 2.05) is 5.32 Å². The van der Waals surface area contributed by atoms with E-state index in [9.17, 15) is 38.6 Å². The quantitative estimate of drug-likeness (QED) is 0.372. The van der Waals surface area contributed by atoms with Crippen LogP contribution in [0.3, 0.4) is 0 Å². The first kappa shape index (κ1) is 26.1. The molecule has 0 saturated carbocycles. The minimum absolute atomic E-state index is 0.133. The van der Waals surface area contributed by atoms with Crippen molar-refractivity contribution < 1.29 is 42.8 Å². The van der Waals surface area contributed by atoms with Crippen molar-refractivity contribution in [3.63, 3.8) is 0 Å². The molecule has 0 aromatic heterocycles. The number of halogens is 5. The second kappa shape index (κ2) is 8.66. The molecule has 0 aliphatic rings. The molecule has 3 amide bonds. The van der Waals surface area contributed by atoms with Gasteiger partial charge in [0.2, 0.25) is 17.7 Å². The van der Waals surface area contributed by atoms with E-state index in [0.717, 1.165) is 6.92 Å². The normalized spacial score (nSPS) is 16.6. The van der Waals surface area contributed by atoms with Gasteiger partial charge in [-0.3, -0.25) is 19.2 Å². The van der Waals surface area contributed by atoms with E-state index in [-0.39, 0.29) is 6.42 Å². The molecule has 31 heavy (non-hydrogen) atoms. The fraction of sp³-hybridized carbons (Fsp3) is 0.375. The van der Waals surface area contributed by atoms with Crippen molar-refractivity contribution in [3.05, 3.63) is 35.9 Å². The summed E-state index contributed by atoms with van der Waals surface area (Å²) in [6, 6.07) is 3.32. The molecule has 0 bridgehead atoms. The molecular weight excluding hydrogens is 455 g/mol. The van der Waals surface area contributed by atoms with Gasteiger partial charge in [0.05, 0.1) is 12.5 Å². The SMILES string of the molecule is C[C@H](N)C(=O)N[C@@H](CC(=O)OS(F)(F)(F)(F)F)C(=O)N[C@@H](Cc1ccccc1)C(N)=O. The summed E-state index contributed by atoms with van der Waals surface area (Å²) < 4.78 is 64.1. The zero-order valence-corrected chi connectivity index (χ0v) is 16.8. The minimum atomic E-state index is -10.6. The molecule has 0 fully saturated rings. The highest BCUT2D eigenvalue weighted by Gasteiger charge is 2.68. The van der Waals surface area contributed by atoms with Gasteiger partial charge in [-0.1, -0.05) is 49.8 Å². The molecule has 1 aromatic rings. The summed E-state index contributed by atoms with van der Waals surface area (Å²) >= 11 is 0. The van der Waals surface area contributed by atoms with Crippen molar-refractivity contribution in [2.24, 2.45) is 11.5 Å². The Morgan fingerprint density at radius 3 is 1.94 bits per heavy atom. The molecule has 0 spiro atoms. The van der Waals surface area contributed by atoms with Crippen molar-refractivity contribution in [1.82, 2.24) is 10.6 Å². The summed E-state index contributed by atoms with van der Waals surface area (Å²) in [5.41, 5.74) is 11.0. The minimum Gasteiger partial charge on any atom is -0.368 e. The highest BCUT2D eigenvalue weighted by molar-refractivity contribution is 8.42. The van der Waals surface area contributed by atoms with Crippen LogP contribution in [0.15, 0.2) is 30.3 Å². The molecule has 0 aliphatic heterocycles. The van der Waals surface area contributed by atoms with E-state index in [4.69, 9.17) is 11.5 Å². The van der Waals surface area contributed by atoms with Crippen LogP contribution < -0.4 is 22.1 Å². The van der Waals surface area contributed by atoms with E-state index in [1.54, 1.807) is 30.3 Å². The third-order valence-corrected chi connectivity index (χ3v) is 4.11. The first-order valence-electron chi connectivity index (χ1n) is 8.54. The Hall–Kier alpha value is -2.94. The summed E-state index contributed by atoms with van der Waals surface area (Å²) in [6.07, 6.45) is -1.75. The summed E-state index contributed by atoms with van der Waals surface area (Å²) in [5.74, 6) is -5.99. The molecule has 0 radical (unpaired) electrons. The Morgan fingerprint density at radius 1 is 0.968 bits per heavy atom. The lowest BCUT2D eigenvalue weighted by Crippen LogP contribution is -2.56. The first-order chi connectivity index (χ1) is 13.9. The first-order valence-corrected chi connectivity index (χ1v) is 10.4. The Kier molecular flexibility index (Phi) is 7.29. The number of carbonyl (C=O) groups excluding carboxylic acids is 4. The maximum Gasteiger partial charge on any atom is 0.438 e. The van der Waals surface area contributed by atoms with Crippen molar-refractivity contribution in [2.75, 3.05) is 0 Å². The Morgan fingerprint density at radius 2 is 1.48 bits per heavy atom. The molecule has 0 unspecified atom stereocenters. The zero-order chi connectivity index (χ0) is 24.1. The molecule has 9 nitrogen and oxygen atoms in total. The number of hydrogen-bond acceptors (Lipinski definition) is 6. The van der Waals surface area contributed by atoms with Crippen molar-refractivity contribution in [3.8, 4) is 0 Å². The van der Waals surface area contributed by atoms with Crippen LogP contribution in [-0.2, 0) is 29.8 Å². The van der Waals surface area contributed by atoms with Crippen LogP contribution in [0.4, 0.5) is 19.4 Å². The highest BCUT2D eigenvalue weighted by Crippen LogP contribution is 2.98. The second-order valence-electron chi connectivity index (χ2n) is 6.56. The highest BCUT2D eigenvalue weighted by atomic mass is 32.5. The molecule has 0 saturated heterocycles. The van der Waals surface area contributed by atoms with Crippen LogP contribution in [-0.4, -0.2) is 41.8 Å². The van der Waals surface area contributed by atoms with Crippen molar-refractivity contribution in [2.45, 2.75) is 37.9 Å². The number of amides is 3. The Labute approximate surface area is 173 Å². The molecular formula is C16H21F5N4O5S. The summed E-state index contributed by atoms with van der Waals surface area (Å²) in [6.45, 7) is 1.15. The number of benzene rings is 1. The smallest absolute Gasteiger partial charge is 0.368 e. The number of nitrogens with one attached hydrogen (secondary N) is 2. The fourth-order valence-corrected chi connectivity index (χ4v) is 2.65. The lowest BCUT2D eigenvalue weighted by atomic mass is 10.0. The van der Waals surface area contributed by atoms with Crippen LogP contribution >= 0.6 is 10.5 Å². The topological polar surface area (TPSA) is 154 Å². The monoisotopic (exact) mass is 476 g/mol. The maximum absolute atomic E-state index is 12.4. The van der Waals surface area contributed by atoms with Gasteiger partial charge >= 0.3 is 16.5 Å². The van der Waals surface area contributed by atoms with Crippen LogP contribution in [0.25, 0.3) is 0 Å². The number of rotatable bonds is 10. The maximum atomic E-state index is 12.4. The van der Waals surface area contributed by atoms with E-state index < -0.39 is 58.7 Å². The molecule has 3 atom stereocenters. The van der Waals surface area contributed by atoms with Gasteiger partial charge in [0, 0.05) is 6.42 Å². The molecule has 0 aliphatic carbocycles. The van der Waals surface area contributed by atoms with Gasteiger partial charge in [-0.05, 0) is 12.5 Å². The van der Waals surface area contributed by atoms with Crippen LogP contribution in [0.2, 0.25) is 0 Å². The number of primary amides is 1. The van der Waals surface area contributed by atoms with Gasteiger partial charge in [0.15, 0.2) is 0 Å². The van der Waals surface area contributed by atoms with Crippen molar-refractivity contribution >= 4 is 34.2 Å². The molecule has 176 valence electrons. The van der Waals surface area contributed by atoms with Crippen molar-refractivity contribution in [1.29, 1.82) is 0 Å². The van der Waals surface area contributed by atoms with Gasteiger partial charge < -0.3 is 26.3 Å². The number of hydrogen-bond donors (Lipinski definition) is 4. The zero-order valence-electron chi connectivity index (χ0n) is 16.0. The molecule has 1 aromatic carbocycles. The average molecular weight is 476 g/mol. The number of carbonyl (C=O) groups is 4. The van der Waals surface area contributed by atoms with E-state index in [2.05, 4.69) is 9.50 Å². The Balaban J connectivity index is 3.02. The fourth-order valence-electron chi connectivity index (χ4n) is 2.23. The summed E-state index contributed by atoms with van der Waals surface area (Å²) in [5, 5.41) is 3.90. The van der Waals surface area contributed by atoms with E-state index in [1.165, 1.54) is 0 Å². The van der Waals surface area contributed by atoms with Gasteiger partial charge in [-0.25, -0.2) is 0 Å². The van der Waals surface area contributed by atoms with E-state index in [0.29, 0.717) is 5.56 Å². The standard InChI is InChI=1S/C16H21F5N4O5S/c1-9(22)15(28)25-12(8-13(26)30-31(17,18,19,20)21)16(29)24-11(14(23)27)7-10-5-3-2-4-6-10/h2-6,9,11-12H,7-8,22H2,1H3,(H2,23,27)(H,24,29)(H,25,28)/t9-,11-,12-/m0/s1. The van der Waals surface area contributed by atoms with Crippen LogP contribution in [0, 0.1) is 0 Å².